The van der Waals surface area contributed by atoms with Crippen LogP contribution in [-0.4, -0.2) is 45.2 Å². The molecule has 130 valence electrons. The monoisotopic (exact) mass is 340 g/mol. The van der Waals surface area contributed by atoms with Gasteiger partial charge in [0.05, 0.1) is 6.54 Å². The molecule has 2 saturated heterocycles. The molecule has 3 fully saturated rings. The number of carboxylic acids is 1. The average molecular weight is 340 g/mol. The molecule has 0 aromatic rings. The van der Waals surface area contributed by atoms with E-state index in [4.69, 9.17) is 0 Å². The van der Waals surface area contributed by atoms with Crippen LogP contribution in [0.5, 0.6) is 0 Å². The molecule has 6 rings (SSSR count). The van der Waals surface area contributed by atoms with Crippen molar-refractivity contribution in [2.24, 2.45) is 17.8 Å². The van der Waals surface area contributed by atoms with Crippen LogP contribution in [0.25, 0.3) is 0 Å². The Hall–Kier alpha value is -2.37. The van der Waals surface area contributed by atoms with Gasteiger partial charge in [-0.2, -0.15) is 0 Å². The first-order valence-corrected chi connectivity index (χ1v) is 9.05. The Morgan fingerprint density at radius 3 is 2.64 bits per heavy atom. The summed E-state index contributed by atoms with van der Waals surface area (Å²) in [6, 6.07) is -0.0151. The van der Waals surface area contributed by atoms with Crippen molar-refractivity contribution in [1.82, 2.24) is 9.80 Å². The van der Waals surface area contributed by atoms with Gasteiger partial charge in [-0.05, 0) is 31.1 Å². The summed E-state index contributed by atoms with van der Waals surface area (Å²) in [4.78, 5) is 40.3. The molecule has 5 aliphatic heterocycles. The van der Waals surface area contributed by atoms with Crippen LogP contribution in [0.1, 0.15) is 32.1 Å². The molecule has 0 aromatic carbocycles. The van der Waals surface area contributed by atoms with E-state index < -0.39 is 11.9 Å². The van der Waals surface area contributed by atoms with Crippen molar-refractivity contribution in [2.45, 2.75) is 38.1 Å². The van der Waals surface area contributed by atoms with Crippen molar-refractivity contribution in [2.75, 3.05) is 6.54 Å². The normalized spacial score (nSPS) is 36.1. The third-order valence-corrected chi connectivity index (χ3v) is 6.39. The number of hydrogen-bond acceptors (Lipinski definition) is 4. The molecule has 1 amide bonds. The van der Waals surface area contributed by atoms with Crippen molar-refractivity contribution in [3.05, 3.63) is 35.3 Å². The van der Waals surface area contributed by atoms with Crippen LogP contribution in [0.15, 0.2) is 35.3 Å². The smallest absolute Gasteiger partial charge is 0.316 e. The highest BCUT2D eigenvalue weighted by molar-refractivity contribution is 6.00. The van der Waals surface area contributed by atoms with Gasteiger partial charge in [-0.15, -0.1) is 0 Å². The Balaban J connectivity index is 1.54. The quantitative estimate of drug-likeness (QED) is 0.774. The summed E-state index contributed by atoms with van der Waals surface area (Å²) < 4.78 is 0. The van der Waals surface area contributed by atoms with Crippen LogP contribution in [0, 0.1) is 17.8 Å². The lowest BCUT2D eigenvalue weighted by Gasteiger charge is -2.43. The first-order chi connectivity index (χ1) is 12.0. The molecule has 1 aliphatic carbocycles. The summed E-state index contributed by atoms with van der Waals surface area (Å²) in [5.74, 6) is -2.09. The first kappa shape index (κ1) is 14.9. The van der Waals surface area contributed by atoms with Gasteiger partial charge in [0.1, 0.15) is 5.92 Å². The lowest BCUT2D eigenvalue weighted by Crippen LogP contribution is -2.45. The van der Waals surface area contributed by atoms with Crippen LogP contribution in [-0.2, 0) is 14.4 Å². The zero-order chi connectivity index (χ0) is 17.3. The molecule has 4 bridgehead atoms. The summed E-state index contributed by atoms with van der Waals surface area (Å²) in [6.45, 7) is 0.407. The number of nitrogens with zero attached hydrogens (tertiary/aromatic N) is 2. The van der Waals surface area contributed by atoms with Gasteiger partial charge in [-0.3, -0.25) is 14.4 Å². The number of ketones is 1. The standard InChI is InChI=1S/C19H20N2O4/c22-16-9-20-11-5-10(16)6-12(20)8-13(7-11)21-15-4-2-1-3-14(15)17(18(21)23)19(24)25/h5,7-8,10,14-15,17H,1-4,6,9H2,(H,24,25). The molecule has 0 aromatic heterocycles. The summed E-state index contributed by atoms with van der Waals surface area (Å²) >= 11 is 0. The number of hydrogen-bond donors (Lipinski definition) is 1. The highest BCUT2D eigenvalue weighted by Gasteiger charge is 2.53. The number of carbonyl (C=O) groups is 3. The van der Waals surface area contributed by atoms with Gasteiger partial charge in [-0.1, -0.05) is 12.8 Å². The van der Waals surface area contributed by atoms with Crippen LogP contribution < -0.4 is 0 Å². The van der Waals surface area contributed by atoms with Crippen molar-refractivity contribution in [1.29, 1.82) is 0 Å². The second-order valence-electron chi connectivity index (χ2n) is 7.70. The molecular formula is C19H20N2O4. The van der Waals surface area contributed by atoms with E-state index in [1.807, 2.05) is 23.1 Å². The zero-order valence-electron chi connectivity index (χ0n) is 13.9. The second kappa shape index (κ2) is 5.07. The van der Waals surface area contributed by atoms with Gasteiger partial charge >= 0.3 is 5.97 Å². The van der Waals surface area contributed by atoms with Crippen molar-refractivity contribution >= 4 is 17.7 Å². The van der Waals surface area contributed by atoms with E-state index in [2.05, 4.69) is 0 Å². The molecule has 5 heterocycles. The predicted octanol–water partition coefficient (Wildman–Crippen LogP) is 1.66. The number of likely N-dealkylation sites (tertiary alicyclic amines) is 1. The van der Waals surface area contributed by atoms with Gasteiger partial charge in [-0.25, -0.2) is 0 Å². The van der Waals surface area contributed by atoms with E-state index in [9.17, 15) is 19.5 Å². The van der Waals surface area contributed by atoms with Gasteiger partial charge in [0.15, 0.2) is 5.78 Å². The molecule has 6 heteroatoms. The fourth-order valence-electron chi connectivity index (χ4n) is 5.25. The topological polar surface area (TPSA) is 77.9 Å². The maximum Gasteiger partial charge on any atom is 0.316 e. The minimum absolute atomic E-state index is 0.0151. The third kappa shape index (κ3) is 2.00. The van der Waals surface area contributed by atoms with E-state index in [0.29, 0.717) is 13.0 Å². The van der Waals surface area contributed by atoms with Gasteiger partial charge < -0.3 is 14.9 Å². The van der Waals surface area contributed by atoms with E-state index in [-0.39, 0.29) is 29.6 Å². The molecule has 0 radical (unpaired) electrons. The Bertz CT molecular complexity index is 793. The maximum atomic E-state index is 12.9. The summed E-state index contributed by atoms with van der Waals surface area (Å²) in [5, 5.41) is 9.58. The average Bonchev–Trinajstić information content (AvgIpc) is 2.86. The number of aliphatic carboxylic acids is 1. The number of piperidine rings is 1. The van der Waals surface area contributed by atoms with Gasteiger partial charge in [0, 0.05) is 41.4 Å². The number of amides is 1. The zero-order valence-corrected chi connectivity index (χ0v) is 13.9. The lowest BCUT2D eigenvalue weighted by atomic mass is 9.79. The van der Waals surface area contributed by atoms with Crippen molar-refractivity contribution in [3.8, 4) is 0 Å². The molecule has 25 heavy (non-hydrogen) atoms. The largest absolute Gasteiger partial charge is 0.481 e. The lowest BCUT2D eigenvalue weighted by molar-refractivity contribution is -0.148. The Kier molecular flexibility index (Phi) is 3.03. The maximum absolute atomic E-state index is 12.9. The van der Waals surface area contributed by atoms with Crippen molar-refractivity contribution in [3.63, 3.8) is 0 Å². The van der Waals surface area contributed by atoms with E-state index in [1.54, 1.807) is 4.90 Å². The number of carbonyl (C=O) groups excluding carboxylic acids is 2. The molecular weight excluding hydrogens is 320 g/mol. The highest BCUT2D eigenvalue weighted by Crippen LogP contribution is 2.46. The molecule has 4 atom stereocenters. The number of fused-ring (bicyclic) bond motifs is 2. The van der Waals surface area contributed by atoms with E-state index >= 15 is 0 Å². The number of allylic oxidation sites excluding steroid dienone is 4. The summed E-state index contributed by atoms with van der Waals surface area (Å²) in [6.07, 6.45) is 10.3. The van der Waals surface area contributed by atoms with Crippen LogP contribution in [0.2, 0.25) is 0 Å². The van der Waals surface area contributed by atoms with Crippen LogP contribution >= 0.6 is 0 Å². The molecule has 6 aliphatic rings. The molecule has 6 nitrogen and oxygen atoms in total. The number of carboxylic acid groups (broad SMARTS) is 1. The highest BCUT2D eigenvalue weighted by atomic mass is 16.4. The Morgan fingerprint density at radius 2 is 1.92 bits per heavy atom. The Morgan fingerprint density at radius 1 is 1.12 bits per heavy atom. The molecule has 4 unspecified atom stereocenters. The Labute approximate surface area is 145 Å². The SMILES string of the molecule is O=C1CN2C3=CC1CC2=CC(N1C(=O)C(C(=O)O)C2CCCCC21)=C3. The van der Waals surface area contributed by atoms with Crippen LogP contribution in [0.3, 0.4) is 0 Å². The minimum Gasteiger partial charge on any atom is -0.481 e. The predicted molar refractivity (Wildman–Crippen MR) is 87.8 cm³/mol. The molecule has 1 N–H and O–H groups in total. The second-order valence-corrected chi connectivity index (χ2v) is 7.70. The number of rotatable bonds is 2. The fraction of sp³-hybridized carbons (Fsp3) is 0.526. The fourth-order valence-corrected chi connectivity index (χ4v) is 5.25. The third-order valence-electron chi connectivity index (χ3n) is 6.39. The van der Waals surface area contributed by atoms with Crippen molar-refractivity contribution < 1.29 is 19.5 Å². The van der Waals surface area contributed by atoms with Gasteiger partial charge in [0.25, 0.3) is 0 Å². The first-order valence-electron chi connectivity index (χ1n) is 9.05. The molecule has 1 saturated carbocycles. The summed E-state index contributed by atoms with van der Waals surface area (Å²) in [7, 11) is 0. The minimum atomic E-state index is -0.999. The van der Waals surface area contributed by atoms with E-state index in [1.165, 1.54) is 0 Å². The molecule has 0 spiro atoms. The summed E-state index contributed by atoms with van der Waals surface area (Å²) in [5.41, 5.74) is 2.84. The van der Waals surface area contributed by atoms with Gasteiger partial charge in [0.2, 0.25) is 5.91 Å². The van der Waals surface area contributed by atoms with Crippen LogP contribution in [0.4, 0.5) is 0 Å². The van der Waals surface area contributed by atoms with E-state index in [0.717, 1.165) is 42.8 Å². The number of Topliss-reactive ketones (excluding diaryl/α,β-unsaturated/α-hetero) is 1.